The monoisotopic (exact) mass is 459 g/mol. The number of nitrogens with zero attached hydrogens (tertiary/aromatic N) is 7. The molecule has 1 aromatic carbocycles. The second-order valence-electron chi connectivity index (χ2n) is 7.36. The van der Waals surface area contributed by atoms with E-state index in [0.29, 0.717) is 22.8 Å². The third-order valence-corrected chi connectivity index (χ3v) is 5.34. The molecule has 0 unspecified atom stereocenters. The summed E-state index contributed by atoms with van der Waals surface area (Å²) >= 11 is 5.93. The van der Waals surface area contributed by atoms with Gasteiger partial charge in [-0.05, 0) is 54.4 Å². The fourth-order valence-electron chi connectivity index (χ4n) is 3.48. The molecule has 2 aromatic heterocycles. The Morgan fingerprint density at radius 1 is 1.28 bits per heavy atom. The quantitative estimate of drug-likeness (QED) is 0.368. The number of benzene rings is 1. The number of rotatable bonds is 6. The molecule has 0 saturated carbocycles. The van der Waals surface area contributed by atoms with Crippen molar-refractivity contribution in [2.24, 2.45) is 5.10 Å². The van der Waals surface area contributed by atoms with Crippen LogP contribution in [-0.2, 0) is 6.54 Å². The molecule has 1 amide bonds. The molecule has 13 heteroatoms. The maximum Gasteiger partial charge on any atom is 0.293 e. The van der Waals surface area contributed by atoms with Crippen molar-refractivity contribution in [3.63, 3.8) is 0 Å². The van der Waals surface area contributed by atoms with E-state index in [4.69, 9.17) is 17.3 Å². The van der Waals surface area contributed by atoms with Crippen LogP contribution in [0.3, 0.4) is 0 Å². The van der Waals surface area contributed by atoms with Crippen LogP contribution in [-0.4, -0.2) is 60.5 Å². The van der Waals surface area contributed by atoms with E-state index >= 15 is 0 Å². The predicted molar refractivity (Wildman–Crippen MR) is 116 cm³/mol. The third-order valence-electron chi connectivity index (χ3n) is 5.11. The normalized spacial score (nSPS) is 15.2. The number of hydrogen-bond acceptors (Lipinski definition) is 10. The van der Waals surface area contributed by atoms with Crippen molar-refractivity contribution in [2.45, 2.75) is 32.2 Å². The maximum absolute atomic E-state index is 12.8. The molecule has 0 radical (unpaired) electrons. The summed E-state index contributed by atoms with van der Waals surface area (Å²) in [6.45, 7) is 2.21. The van der Waals surface area contributed by atoms with E-state index in [1.165, 1.54) is 35.9 Å². The Labute approximate surface area is 188 Å². The van der Waals surface area contributed by atoms with Gasteiger partial charge in [0.15, 0.2) is 5.69 Å². The second kappa shape index (κ2) is 9.75. The Kier molecular flexibility index (Phi) is 6.61. The molecule has 4 rings (SSSR count). The molecule has 12 nitrogen and oxygen atoms in total. The van der Waals surface area contributed by atoms with Gasteiger partial charge in [-0.3, -0.25) is 9.69 Å². The molecule has 1 aliphatic rings. The average molecular weight is 460 g/mol. The number of phenolic OH excluding ortho intramolecular Hbond substituents is 1. The van der Waals surface area contributed by atoms with Gasteiger partial charge in [-0.2, -0.15) is 9.78 Å². The number of hydrogen-bond donors (Lipinski definition) is 3. The van der Waals surface area contributed by atoms with Gasteiger partial charge in [0, 0.05) is 17.1 Å². The van der Waals surface area contributed by atoms with Gasteiger partial charge >= 0.3 is 0 Å². The van der Waals surface area contributed by atoms with E-state index < -0.39 is 5.91 Å². The zero-order valence-corrected chi connectivity index (χ0v) is 17.9. The number of nitrogens with one attached hydrogen (secondary N) is 1. The van der Waals surface area contributed by atoms with Crippen LogP contribution < -0.4 is 11.2 Å². The number of carbonyl (C=O) groups is 1. The van der Waals surface area contributed by atoms with E-state index in [9.17, 15) is 9.90 Å². The van der Waals surface area contributed by atoms with Crippen molar-refractivity contribution >= 4 is 29.5 Å². The van der Waals surface area contributed by atoms with Crippen molar-refractivity contribution in [3.8, 4) is 11.6 Å². The Morgan fingerprint density at radius 2 is 2.06 bits per heavy atom. The largest absolute Gasteiger partial charge is 0.507 e. The lowest BCUT2D eigenvalue weighted by Crippen LogP contribution is -2.28. The molecule has 4 N–H and O–H groups in total. The zero-order valence-electron chi connectivity index (χ0n) is 17.1. The van der Waals surface area contributed by atoms with E-state index in [-0.39, 0.29) is 23.1 Å². The van der Waals surface area contributed by atoms with Crippen molar-refractivity contribution in [3.05, 3.63) is 40.2 Å². The van der Waals surface area contributed by atoms with Crippen LogP contribution in [0, 0.1) is 0 Å². The van der Waals surface area contributed by atoms with Gasteiger partial charge in [0.05, 0.1) is 11.9 Å². The van der Waals surface area contributed by atoms with Crippen LogP contribution >= 0.6 is 11.6 Å². The number of aromatic hydroxyl groups is 1. The van der Waals surface area contributed by atoms with E-state index in [0.717, 1.165) is 25.9 Å². The van der Waals surface area contributed by atoms with Gasteiger partial charge in [0.25, 0.3) is 5.91 Å². The highest BCUT2D eigenvalue weighted by molar-refractivity contribution is 6.30. The minimum absolute atomic E-state index is 0.0193. The molecule has 1 saturated heterocycles. The number of halogens is 1. The summed E-state index contributed by atoms with van der Waals surface area (Å²) in [5.74, 6) is -0.398. The summed E-state index contributed by atoms with van der Waals surface area (Å²) in [4.78, 5) is 15.1. The van der Waals surface area contributed by atoms with Crippen molar-refractivity contribution in [2.75, 3.05) is 18.8 Å². The first kappa shape index (κ1) is 21.7. The van der Waals surface area contributed by atoms with Crippen molar-refractivity contribution in [1.29, 1.82) is 0 Å². The topological polar surface area (TPSA) is 161 Å². The minimum atomic E-state index is -0.575. The summed E-state index contributed by atoms with van der Waals surface area (Å²) in [6, 6.07) is 4.51. The Balaban J connectivity index is 1.58. The van der Waals surface area contributed by atoms with Crippen LogP contribution in [0.1, 0.15) is 47.4 Å². The van der Waals surface area contributed by atoms with Gasteiger partial charge in [-0.15, -0.1) is 5.10 Å². The highest BCUT2D eigenvalue weighted by atomic mass is 35.5. The van der Waals surface area contributed by atoms with Gasteiger partial charge in [0.2, 0.25) is 11.6 Å². The summed E-state index contributed by atoms with van der Waals surface area (Å²) in [7, 11) is 0. The molecule has 168 valence electrons. The smallest absolute Gasteiger partial charge is 0.293 e. The number of phenols is 1. The number of nitrogens with two attached hydrogens (primary N) is 1. The number of amides is 1. The number of anilines is 1. The molecular formula is C19H22ClN9O3. The molecule has 32 heavy (non-hydrogen) atoms. The number of hydrazone groups is 1. The number of carbonyl (C=O) groups excluding carboxylic acids is 1. The molecule has 0 aliphatic carbocycles. The second-order valence-corrected chi connectivity index (χ2v) is 7.80. The third kappa shape index (κ3) is 4.86. The zero-order chi connectivity index (χ0) is 22.5. The molecule has 0 atom stereocenters. The van der Waals surface area contributed by atoms with Crippen molar-refractivity contribution < 1.29 is 14.5 Å². The SMILES string of the molecule is Nc1nonc1-n1nnc(C(=O)N/N=C\c2cc(Cl)ccc2O)c1CN1CCCCCC1. The molecule has 3 aromatic rings. The minimum Gasteiger partial charge on any atom is -0.507 e. The Bertz CT molecular complexity index is 1120. The molecular weight excluding hydrogens is 438 g/mol. The first-order valence-electron chi connectivity index (χ1n) is 10.1. The number of nitrogen functional groups attached to an aromatic ring is 1. The summed E-state index contributed by atoms with van der Waals surface area (Å²) in [6.07, 6.45) is 5.78. The Morgan fingerprint density at radius 3 is 2.78 bits per heavy atom. The summed E-state index contributed by atoms with van der Waals surface area (Å²) < 4.78 is 6.04. The lowest BCUT2D eigenvalue weighted by atomic mass is 10.2. The van der Waals surface area contributed by atoms with Gasteiger partial charge < -0.3 is 10.8 Å². The van der Waals surface area contributed by atoms with Crippen LogP contribution in [0.2, 0.25) is 5.02 Å². The fraction of sp³-hybridized carbons (Fsp3) is 0.368. The molecule has 3 heterocycles. The highest BCUT2D eigenvalue weighted by Gasteiger charge is 2.25. The fourth-order valence-corrected chi connectivity index (χ4v) is 3.66. The lowest BCUT2D eigenvalue weighted by Gasteiger charge is -2.20. The lowest BCUT2D eigenvalue weighted by molar-refractivity contribution is 0.0947. The summed E-state index contributed by atoms with van der Waals surface area (Å²) in [5.41, 5.74) is 9.16. The molecule has 1 fully saturated rings. The average Bonchev–Trinajstić information content (AvgIpc) is 3.28. The van der Waals surface area contributed by atoms with E-state index in [1.807, 2.05) is 0 Å². The number of aromatic nitrogens is 5. The summed E-state index contributed by atoms with van der Waals surface area (Å²) in [5, 5.41) is 29.6. The van der Waals surface area contributed by atoms with E-state index in [2.05, 4.69) is 40.7 Å². The van der Waals surface area contributed by atoms with Crippen LogP contribution in [0.25, 0.3) is 5.82 Å². The highest BCUT2D eigenvalue weighted by Crippen LogP contribution is 2.21. The number of likely N-dealkylation sites (tertiary alicyclic amines) is 1. The van der Waals surface area contributed by atoms with Crippen LogP contribution in [0.15, 0.2) is 27.9 Å². The van der Waals surface area contributed by atoms with Gasteiger partial charge in [-0.1, -0.05) is 29.7 Å². The van der Waals surface area contributed by atoms with Crippen LogP contribution in [0.4, 0.5) is 5.82 Å². The van der Waals surface area contributed by atoms with E-state index in [1.54, 1.807) is 6.07 Å². The first-order chi connectivity index (χ1) is 15.5. The standard InChI is InChI=1S/C19H22ClN9O3/c20-13-5-6-15(30)12(9-13)10-22-24-19(31)16-14(11-28-7-3-1-2-4-8-28)29(27-23-16)18-17(21)25-32-26-18/h5-6,9-10,30H,1-4,7-8,11H2,(H2,21,25)(H,24,31)/b22-10-. The van der Waals surface area contributed by atoms with Crippen LogP contribution in [0.5, 0.6) is 5.75 Å². The van der Waals surface area contributed by atoms with Crippen molar-refractivity contribution in [1.82, 2.24) is 35.6 Å². The molecule has 1 aliphatic heterocycles. The molecule has 0 bridgehead atoms. The predicted octanol–water partition coefficient (Wildman–Crippen LogP) is 1.73. The van der Waals surface area contributed by atoms with Gasteiger partial charge in [-0.25, -0.2) is 10.1 Å². The molecule has 0 spiro atoms. The Hall–Kier alpha value is -3.51. The first-order valence-corrected chi connectivity index (χ1v) is 10.5. The maximum atomic E-state index is 12.8. The van der Waals surface area contributed by atoms with Gasteiger partial charge in [0.1, 0.15) is 5.75 Å².